The number of ether oxygens (including phenoxy) is 1. The van der Waals surface area contributed by atoms with Gasteiger partial charge in [-0.05, 0) is 54.1 Å². The van der Waals surface area contributed by atoms with Gasteiger partial charge in [0, 0.05) is 16.8 Å². The van der Waals surface area contributed by atoms with Crippen LogP contribution >= 0.6 is 0 Å². The summed E-state index contributed by atoms with van der Waals surface area (Å²) in [5.74, 6) is 1.40. The Morgan fingerprint density at radius 2 is 1.62 bits per heavy atom. The van der Waals surface area contributed by atoms with E-state index in [0.717, 1.165) is 44.9 Å². The Kier molecular flexibility index (Phi) is 4.66. The average molecular weight is 448 g/mol. The van der Waals surface area contributed by atoms with Crippen LogP contribution in [-0.4, -0.2) is 32.0 Å². The maximum absolute atomic E-state index is 11.3. The lowest BCUT2D eigenvalue weighted by atomic mass is 10.0. The van der Waals surface area contributed by atoms with Crippen molar-refractivity contribution in [2.24, 2.45) is 0 Å². The van der Waals surface area contributed by atoms with Crippen molar-refractivity contribution in [2.75, 3.05) is 7.11 Å². The number of oxazole rings is 1. The number of methoxy groups -OCH3 is 1. The molecule has 34 heavy (non-hydrogen) atoms. The van der Waals surface area contributed by atoms with E-state index in [9.17, 15) is 5.11 Å². The van der Waals surface area contributed by atoms with Gasteiger partial charge in [0.05, 0.1) is 24.4 Å². The SMILES string of the molecule is COc1ccc(-c2n[nH]c3c(O)n(-c4ccc(-c5ncco5)cc4)c(-c4ccccc4)c23)cc1. The third kappa shape index (κ3) is 3.14. The molecule has 0 saturated carbocycles. The highest BCUT2D eigenvalue weighted by Gasteiger charge is 2.25. The summed E-state index contributed by atoms with van der Waals surface area (Å²) in [7, 11) is 1.64. The fraction of sp³-hybridized carbons (Fsp3) is 0.0370. The summed E-state index contributed by atoms with van der Waals surface area (Å²) in [6.45, 7) is 0. The first-order valence-electron chi connectivity index (χ1n) is 10.8. The molecule has 7 heteroatoms. The van der Waals surface area contributed by atoms with Gasteiger partial charge in [-0.2, -0.15) is 5.10 Å². The number of H-pyrrole nitrogens is 1. The summed E-state index contributed by atoms with van der Waals surface area (Å²) in [6, 6.07) is 25.4. The summed E-state index contributed by atoms with van der Waals surface area (Å²) in [6.07, 6.45) is 3.16. The predicted molar refractivity (Wildman–Crippen MR) is 130 cm³/mol. The first-order chi connectivity index (χ1) is 16.7. The number of aromatic amines is 1. The Morgan fingerprint density at radius 1 is 0.882 bits per heavy atom. The Morgan fingerprint density at radius 3 is 2.29 bits per heavy atom. The van der Waals surface area contributed by atoms with Gasteiger partial charge in [-0.1, -0.05) is 30.3 Å². The molecule has 0 saturated heterocycles. The Bertz CT molecular complexity index is 1560. The van der Waals surface area contributed by atoms with Gasteiger partial charge < -0.3 is 14.3 Å². The second-order valence-corrected chi connectivity index (χ2v) is 7.81. The molecular formula is C27H20N4O3. The number of aromatic nitrogens is 4. The van der Waals surface area contributed by atoms with Crippen LogP contribution in [0.3, 0.4) is 0 Å². The van der Waals surface area contributed by atoms with E-state index in [-0.39, 0.29) is 5.88 Å². The zero-order valence-electron chi connectivity index (χ0n) is 18.3. The predicted octanol–water partition coefficient (Wildman–Crippen LogP) is 6.06. The van der Waals surface area contributed by atoms with E-state index in [1.165, 1.54) is 0 Å². The van der Waals surface area contributed by atoms with Crippen molar-refractivity contribution in [2.45, 2.75) is 0 Å². The third-order valence-electron chi connectivity index (χ3n) is 5.88. The fourth-order valence-corrected chi connectivity index (χ4v) is 4.26. The van der Waals surface area contributed by atoms with Crippen LogP contribution in [0.25, 0.3) is 50.6 Å². The van der Waals surface area contributed by atoms with Crippen molar-refractivity contribution < 1.29 is 14.3 Å². The van der Waals surface area contributed by atoms with E-state index in [1.54, 1.807) is 19.6 Å². The second kappa shape index (κ2) is 7.97. The van der Waals surface area contributed by atoms with Gasteiger partial charge in [0.15, 0.2) is 0 Å². The molecule has 0 aliphatic rings. The largest absolute Gasteiger partial charge is 0.497 e. The minimum atomic E-state index is 0.0880. The molecule has 0 aliphatic heterocycles. The molecule has 0 bridgehead atoms. The number of fused-ring (bicyclic) bond motifs is 1. The maximum Gasteiger partial charge on any atom is 0.225 e. The highest BCUT2D eigenvalue weighted by molar-refractivity contribution is 6.07. The van der Waals surface area contributed by atoms with Gasteiger partial charge in [-0.15, -0.1) is 0 Å². The Hall–Kier alpha value is -4.78. The summed E-state index contributed by atoms with van der Waals surface area (Å²) in [5.41, 5.74) is 5.70. The monoisotopic (exact) mass is 448 g/mol. The molecule has 3 heterocycles. The van der Waals surface area contributed by atoms with Gasteiger partial charge >= 0.3 is 0 Å². The zero-order valence-corrected chi connectivity index (χ0v) is 18.3. The van der Waals surface area contributed by atoms with Crippen LogP contribution in [0, 0.1) is 0 Å². The Labute approximate surface area is 194 Å². The molecule has 0 fully saturated rings. The van der Waals surface area contributed by atoms with E-state index < -0.39 is 0 Å². The van der Waals surface area contributed by atoms with Gasteiger partial charge in [-0.25, -0.2) is 4.98 Å². The number of benzene rings is 3. The summed E-state index contributed by atoms with van der Waals surface area (Å²) < 4.78 is 12.5. The van der Waals surface area contributed by atoms with Gasteiger partial charge in [0.1, 0.15) is 23.2 Å². The molecule has 0 radical (unpaired) electrons. The number of nitrogens with one attached hydrogen (secondary N) is 1. The molecule has 6 rings (SSSR count). The molecule has 3 aromatic heterocycles. The van der Waals surface area contributed by atoms with E-state index in [0.29, 0.717) is 11.4 Å². The summed E-state index contributed by atoms with van der Waals surface area (Å²) in [5, 5.41) is 19.8. The lowest BCUT2D eigenvalue weighted by Crippen LogP contribution is -1.97. The number of rotatable bonds is 5. The van der Waals surface area contributed by atoms with E-state index in [2.05, 4.69) is 15.2 Å². The third-order valence-corrected chi connectivity index (χ3v) is 5.88. The second-order valence-electron chi connectivity index (χ2n) is 7.81. The highest BCUT2D eigenvalue weighted by Crippen LogP contribution is 2.43. The van der Waals surface area contributed by atoms with Crippen LogP contribution in [0.4, 0.5) is 0 Å². The molecule has 2 N–H and O–H groups in total. The minimum absolute atomic E-state index is 0.0880. The van der Waals surface area contributed by atoms with Crippen LogP contribution in [0.5, 0.6) is 11.6 Å². The summed E-state index contributed by atoms with van der Waals surface area (Å²) >= 11 is 0. The van der Waals surface area contributed by atoms with Gasteiger partial charge in [0.25, 0.3) is 0 Å². The fourth-order valence-electron chi connectivity index (χ4n) is 4.26. The average Bonchev–Trinajstić information content (AvgIpc) is 3.63. The Balaban J connectivity index is 1.58. The number of hydrogen-bond acceptors (Lipinski definition) is 5. The lowest BCUT2D eigenvalue weighted by molar-refractivity contribution is 0.415. The van der Waals surface area contributed by atoms with Crippen LogP contribution in [-0.2, 0) is 0 Å². The zero-order chi connectivity index (χ0) is 23.1. The standard InChI is InChI=1S/C27H20N4O3/c1-33-21-13-9-17(10-14-21)23-22-24(30-29-23)27(32)31(25(22)18-5-3-2-4-6-18)20-11-7-19(8-12-20)26-28-15-16-34-26/h2-16,30,32H,1H3. The molecular weight excluding hydrogens is 428 g/mol. The quantitative estimate of drug-likeness (QED) is 0.335. The molecule has 6 aromatic rings. The molecule has 0 aliphatic carbocycles. The smallest absolute Gasteiger partial charge is 0.225 e. The number of aromatic hydroxyl groups is 1. The lowest BCUT2D eigenvalue weighted by Gasteiger charge is -2.12. The first-order valence-corrected chi connectivity index (χ1v) is 10.8. The van der Waals surface area contributed by atoms with E-state index in [1.807, 2.05) is 83.4 Å². The van der Waals surface area contributed by atoms with Crippen molar-refractivity contribution in [3.8, 4) is 51.3 Å². The molecule has 0 amide bonds. The minimum Gasteiger partial charge on any atom is -0.497 e. The molecule has 0 unspecified atom stereocenters. The number of hydrogen-bond donors (Lipinski definition) is 2. The van der Waals surface area contributed by atoms with E-state index in [4.69, 9.17) is 9.15 Å². The maximum atomic E-state index is 11.3. The van der Waals surface area contributed by atoms with Crippen molar-refractivity contribution in [3.05, 3.63) is 91.3 Å². The van der Waals surface area contributed by atoms with Gasteiger partial charge in [0.2, 0.25) is 11.8 Å². The van der Waals surface area contributed by atoms with Crippen molar-refractivity contribution >= 4 is 10.9 Å². The van der Waals surface area contributed by atoms with E-state index >= 15 is 0 Å². The van der Waals surface area contributed by atoms with Crippen molar-refractivity contribution in [1.82, 2.24) is 19.7 Å². The van der Waals surface area contributed by atoms with Crippen molar-refractivity contribution in [3.63, 3.8) is 0 Å². The highest BCUT2D eigenvalue weighted by atomic mass is 16.5. The van der Waals surface area contributed by atoms with Crippen molar-refractivity contribution in [1.29, 1.82) is 0 Å². The molecule has 0 atom stereocenters. The van der Waals surface area contributed by atoms with Crippen LogP contribution in [0.1, 0.15) is 0 Å². The molecule has 7 nitrogen and oxygen atoms in total. The topological polar surface area (TPSA) is 89.1 Å². The normalized spacial score (nSPS) is 11.2. The van der Waals surface area contributed by atoms with Crippen LogP contribution in [0.15, 0.2) is 95.7 Å². The summed E-state index contributed by atoms with van der Waals surface area (Å²) in [4.78, 5) is 4.21. The van der Waals surface area contributed by atoms with Crippen LogP contribution in [0.2, 0.25) is 0 Å². The first kappa shape index (κ1) is 19.9. The molecule has 0 spiro atoms. The molecule has 166 valence electrons. The number of nitrogens with zero attached hydrogens (tertiary/aromatic N) is 3. The molecule has 3 aromatic carbocycles. The van der Waals surface area contributed by atoms with Crippen LogP contribution < -0.4 is 4.74 Å². The van der Waals surface area contributed by atoms with Gasteiger partial charge in [-0.3, -0.25) is 9.67 Å².